The maximum atomic E-state index is 10.7. The highest BCUT2D eigenvalue weighted by Crippen LogP contribution is 2.39. The number of ether oxygens (including phenoxy) is 3. The second-order valence-corrected chi connectivity index (χ2v) is 3.20. The molecular formula is C11H14O6. The van der Waals surface area contributed by atoms with Gasteiger partial charge in [0.1, 0.15) is 0 Å². The summed E-state index contributed by atoms with van der Waals surface area (Å²) in [6.07, 6.45) is -1.64. The smallest absolute Gasteiger partial charge is 0.337 e. The van der Waals surface area contributed by atoms with E-state index in [0.717, 1.165) is 0 Å². The molecule has 0 aromatic heterocycles. The van der Waals surface area contributed by atoms with Crippen molar-refractivity contribution in [1.82, 2.24) is 0 Å². The molecule has 0 amide bonds. The number of benzene rings is 1. The molecule has 0 unspecified atom stereocenters. The molecule has 0 spiro atoms. The lowest BCUT2D eigenvalue weighted by Crippen LogP contribution is -2.11. The van der Waals surface area contributed by atoms with E-state index in [9.17, 15) is 9.90 Å². The van der Waals surface area contributed by atoms with Gasteiger partial charge >= 0.3 is 5.97 Å². The third kappa shape index (κ3) is 2.59. The molecule has 0 aliphatic heterocycles. The number of carboxylic acid groups (broad SMARTS) is 1. The van der Waals surface area contributed by atoms with Gasteiger partial charge in [0.15, 0.2) is 17.6 Å². The van der Waals surface area contributed by atoms with Crippen molar-refractivity contribution in [3.63, 3.8) is 0 Å². The number of carbonyl (C=O) groups is 1. The molecule has 6 heteroatoms. The Kier molecular flexibility index (Phi) is 4.17. The monoisotopic (exact) mass is 242 g/mol. The zero-order chi connectivity index (χ0) is 13.0. The van der Waals surface area contributed by atoms with Gasteiger partial charge in [0, 0.05) is 0 Å². The molecule has 1 rings (SSSR count). The number of carboxylic acids is 1. The third-order valence-electron chi connectivity index (χ3n) is 2.24. The molecule has 0 saturated carbocycles. The van der Waals surface area contributed by atoms with Gasteiger partial charge in [-0.3, -0.25) is 0 Å². The van der Waals surface area contributed by atoms with Crippen LogP contribution in [0.1, 0.15) is 11.7 Å². The van der Waals surface area contributed by atoms with Crippen LogP contribution in [0.5, 0.6) is 17.2 Å². The molecule has 1 aromatic carbocycles. The number of aliphatic hydroxyl groups is 1. The highest BCUT2D eigenvalue weighted by molar-refractivity contribution is 5.75. The molecule has 1 aromatic rings. The molecule has 0 heterocycles. The second kappa shape index (κ2) is 5.40. The Morgan fingerprint density at radius 1 is 1.12 bits per heavy atom. The minimum absolute atomic E-state index is 0.159. The molecule has 0 fully saturated rings. The molecule has 1 atom stereocenters. The maximum Gasteiger partial charge on any atom is 0.337 e. The van der Waals surface area contributed by atoms with Crippen LogP contribution in [0.3, 0.4) is 0 Å². The number of aliphatic carboxylic acids is 1. The summed E-state index contributed by atoms with van der Waals surface area (Å²) in [6.45, 7) is 0. The molecular weight excluding hydrogens is 228 g/mol. The van der Waals surface area contributed by atoms with Crippen LogP contribution in [0, 0.1) is 0 Å². The number of hydrogen-bond donors (Lipinski definition) is 2. The Morgan fingerprint density at radius 2 is 1.59 bits per heavy atom. The van der Waals surface area contributed by atoms with Crippen LogP contribution in [-0.2, 0) is 4.79 Å². The van der Waals surface area contributed by atoms with Crippen molar-refractivity contribution in [2.24, 2.45) is 0 Å². The average molecular weight is 242 g/mol. The van der Waals surface area contributed by atoms with E-state index in [0.29, 0.717) is 17.2 Å². The predicted molar refractivity (Wildman–Crippen MR) is 58.7 cm³/mol. The van der Waals surface area contributed by atoms with Gasteiger partial charge in [-0.15, -0.1) is 0 Å². The molecule has 0 radical (unpaired) electrons. The summed E-state index contributed by atoms with van der Waals surface area (Å²) in [5, 5.41) is 18.2. The first kappa shape index (κ1) is 13.1. The third-order valence-corrected chi connectivity index (χ3v) is 2.24. The molecule has 6 nitrogen and oxygen atoms in total. The van der Waals surface area contributed by atoms with E-state index in [-0.39, 0.29) is 5.56 Å². The zero-order valence-electron chi connectivity index (χ0n) is 9.76. The Labute approximate surface area is 98.3 Å². The lowest BCUT2D eigenvalue weighted by molar-refractivity contribution is -0.146. The lowest BCUT2D eigenvalue weighted by Gasteiger charge is -2.15. The molecule has 2 N–H and O–H groups in total. The minimum atomic E-state index is -1.64. The summed E-state index contributed by atoms with van der Waals surface area (Å²) < 4.78 is 15.2. The summed E-state index contributed by atoms with van der Waals surface area (Å²) in [5.41, 5.74) is 0.159. The molecule has 94 valence electrons. The Hall–Kier alpha value is -1.95. The average Bonchev–Trinajstić information content (AvgIpc) is 2.35. The summed E-state index contributed by atoms with van der Waals surface area (Å²) in [6, 6.07) is 2.78. The lowest BCUT2D eigenvalue weighted by atomic mass is 10.1. The Balaban J connectivity index is 3.31. The number of hydrogen-bond acceptors (Lipinski definition) is 5. The van der Waals surface area contributed by atoms with E-state index < -0.39 is 12.1 Å². The van der Waals surface area contributed by atoms with Gasteiger partial charge < -0.3 is 24.4 Å². The standard InChI is InChI=1S/C11H14O6/c1-15-7-4-6(9(12)11(13)14)5-8(16-2)10(7)17-3/h4-5,9,12H,1-3H3,(H,13,14)/t9-/m0/s1. The van der Waals surface area contributed by atoms with E-state index >= 15 is 0 Å². The van der Waals surface area contributed by atoms with Crippen molar-refractivity contribution in [2.45, 2.75) is 6.10 Å². The van der Waals surface area contributed by atoms with Crippen LogP contribution in [0.25, 0.3) is 0 Å². The normalized spacial score (nSPS) is 11.8. The molecule has 0 saturated heterocycles. The highest BCUT2D eigenvalue weighted by Gasteiger charge is 2.21. The van der Waals surface area contributed by atoms with Crippen molar-refractivity contribution >= 4 is 5.97 Å². The quantitative estimate of drug-likeness (QED) is 0.795. The number of rotatable bonds is 5. The van der Waals surface area contributed by atoms with Gasteiger partial charge in [-0.25, -0.2) is 4.79 Å². The van der Waals surface area contributed by atoms with E-state index in [1.54, 1.807) is 0 Å². The summed E-state index contributed by atoms with van der Waals surface area (Å²) in [7, 11) is 4.26. The Bertz CT molecular complexity index is 389. The van der Waals surface area contributed by atoms with Crippen molar-refractivity contribution < 1.29 is 29.2 Å². The van der Waals surface area contributed by atoms with Gasteiger partial charge in [0.25, 0.3) is 0 Å². The number of aliphatic hydroxyl groups excluding tert-OH is 1. The van der Waals surface area contributed by atoms with Crippen molar-refractivity contribution in [1.29, 1.82) is 0 Å². The van der Waals surface area contributed by atoms with Crippen LogP contribution >= 0.6 is 0 Å². The number of methoxy groups -OCH3 is 3. The van der Waals surface area contributed by atoms with Crippen molar-refractivity contribution in [2.75, 3.05) is 21.3 Å². The van der Waals surface area contributed by atoms with E-state index in [4.69, 9.17) is 19.3 Å². The fourth-order valence-corrected chi connectivity index (χ4v) is 1.40. The summed E-state index contributed by atoms with van der Waals surface area (Å²) in [5.74, 6) is -0.417. The largest absolute Gasteiger partial charge is 0.493 e. The minimum Gasteiger partial charge on any atom is -0.493 e. The fraction of sp³-hybridized carbons (Fsp3) is 0.364. The van der Waals surface area contributed by atoms with Crippen molar-refractivity contribution in [3.8, 4) is 17.2 Å². The van der Waals surface area contributed by atoms with Crippen molar-refractivity contribution in [3.05, 3.63) is 17.7 Å². The summed E-state index contributed by atoms with van der Waals surface area (Å²) in [4.78, 5) is 10.7. The first-order valence-corrected chi connectivity index (χ1v) is 4.76. The molecule has 0 aliphatic rings. The van der Waals surface area contributed by atoms with Gasteiger partial charge in [-0.2, -0.15) is 0 Å². The second-order valence-electron chi connectivity index (χ2n) is 3.20. The zero-order valence-corrected chi connectivity index (χ0v) is 9.76. The first-order chi connectivity index (χ1) is 8.04. The van der Waals surface area contributed by atoms with E-state index in [2.05, 4.69) is 0 Å². The fourth-order valence-electron chi connectivity index (χ4n) is 1.40. The van der Waals surface area contributed by atoms with Gasteiger partial charge in [-0.1, -0.05) is 0 Å². The Morgan fingerprint density at radius 3 is 1.88 bits per heavy atom. The molecule has 0 aliphatic carbocycles. The van der Waals surface area contributed by atoms with Gasteiger partial charge in [0.05, 0.1) is 21.3 Å². The van der Waals surface area contributed by atoms with E-state index in [1.165, 1.54) is 33.5 Å². The topological polar surface area (TPSA) is 85.2 Å². The van der Waals surface area contributed by atoms with Gasteiger partial charge in [-0.05, 0) is 17.7 Å². The van der Waals surface area contributed by atoms with Gasteiger partial charge in [0.2, 0.25) is 5.75 Å². The van der Waals surface area contributed by atoms with Crippen LogP contribution in [-0.4, -0.2) is 37.5 Å². The maximum absolute atomic E-state index is 10.7. The molecule has 17 heavy (non-hydrogen) atoms. The highest BCUT2D eigenvalue weighted by atomic mass is 16.5. The van der Waals surface area contributed by atoms with Crippen LogP contribution in [0.2, 0.25) is 0 Å². The van der Waals surface area contributed by atoms with E-state index in [1.807, 2.05) is 0 Å². The molecule has 0 bridgehead atoms. The van der Waals surface area contributed by atoms with Crippen LogP contribution < -0.4 is 14.2 Å². The SMILES string of the molecule is COc1cc([C@H](O)C(=O)O)cc(OC)c1OC. The van der Waals surface area contributed by atoms with Crippen LogP contribution in [0.15, 0.2) is 12.1 Å². The summed E-state index contributed by atoms with van der Waals surface area (Å²) >= 11 is 0. The first-order valence-electron chi connectivity index (χ1n) is 4.76. The van der Waals surface area contributed by atoms with Crippen LogP contribution in [0.4, 0.5) is 0 Å². The predicted octanol–water partition coefficient (Wildman–Crippen LogP) is 0.830.